The summed E-state index contributed by atoms with van der Waals surface area (Å²) in [6, 6.07) is 9.50. The van der Waals surface area contributed by atoms with E-state index in [0.29, 0.717) is 34.0 Å². The van der Waals surface area contributed by atoms with Crippen molar-refractivity contribution in [3.8, 4) is 22.7 Å². The van der Waals surface area contributed by atoms with E-state index in [1.807, 2.05) is 6.07 Å². The number of aromatic nitrogens is 2. The molecule has 8 nitrogen and oxygen atoms in total. The van der Waals surface area contributed by atoms with E-state index in [-0.39, 0.29) is 29.8 Å². The van der Waals surface area contributed by atoms with Gasteiger partial charge in [0.1, 0.15) is 23.0 Å². The molecule has 0 atom stereocenters. The molecule has 1 N–H and O–H groups in total. The van der Waals surface area contributed by atoms with Crippen LogP contribution in [0.15, 0.2) is 53.2 Å². The first-order valence-corrected chi connectivity index (χ1v) is 15.3. The van der Waals surface area contributed by atoms with Crippen molar-refractivity contribution in [2.24, 2.45) is 0 Å². The van der Waals surface area contributed by atoms with Gasteiger partial charge in [-0.1, -0.05) is 6.92 Å². The van der Waals surface area contributed by atoms with Crippen molar-refractivity contribution in [2.45, 2.75) is 25.7 Å². The fourth-order valence-corrected chi connectivity index (χ4v) is 6.16. The second-order valence-corrected chi connectivity index (χ2v) is 13.4. The number of nitrogens with one attached hydrogen (secondary N) is 1. The molecule has 0 amide bonds. The predicted octanol–water partition coefficient (Wildman–Crippen LogP) is 4.71. The molecule has 4 aromatic rings. The number of sulfone groups is 1. The standard InChI is InChI=1S/C25H26FN3O5S2/c1-3-36(32,33)13-12-29(35(2,30)31)21-15-22-20(14-19(21)16-4-5-16)23(25-27-10-11-28-25)24(34-22)17-6-8-18(26)9-7-17/h6-11,14-16H,3-5,12-13H2,1-2H3,(H,27,28). The lowest BCUT2D eigenvalue weighted by Crippen LogP contribution is -2.35. The van der Waals surface area contributed by atoms with Gasteiger partial charge in [-0.05, 0) is 54.7 Å². The highest BCUT2D eigenvalue weighted by molar-refractivity contribution is 7.92. The van der Waals surface area contributed by atoms with Gasteiger partial charge in [0.2, 0.25) is 10.0 Å². The van der Waals surface area contributed by atoms with E-state index in [9.17, 15) is 21.2 Å². The van der Waals surface area contributed by atoms with Gasteiger partial charge in [0.05, 0.1) is 23.3 Å². The number of H-pyrrole nitrogens is 1. The lowest BCUT2D eigenvalue weighted by Gasteiger charge is -2.25. The van der Waals surface area contributed by atoms with E-state index in [4.69, 9.17) is 4.42 Å². The van der Waals surface area contributed by atoms with Gasteiger partial charge in [0.25, 0.3) is 0 Å². The molecule has 5 rings (SSSR count). The molecule has 0 spiro atoms. The molecule has 190 valence electrons. The van der Waals surface area contributed by atoms with Gasteiger partial charge in [0.15, 0.2) is 9.84 Å². The van der Waals surface area contributed by atoms with Crippen LogP contribution in [0.1, 0.15) is 31.2 Å². The van der Waals surface area contributed by atoms with E-state index in [2.05, 4.69) is 9.97 Å². The minimum atomic E-state index is -3.78. The fourth-order valence-electron chi connectivity index (χ4n) is 4.36. The Balaban J connectivity index is 1.73. The van der Waals surface area contributed by atoms with Gasteiger partial charge in [-0.3, -0.25) is 4.31 Å². The van der Waals surface area contributed by atoms with Crippen LogP contribution in [-0.2, 0) is 19.9 Å². The van der Waals surface area contributed by atoms with Gasteiger partial charge in [-0.15, -0.1) is 0 Å². The Morgan fingerprint density at radius 3 is 2.44 bits per heavy atom. The van der Waals surface area contributed by atoms with Crippen molar-refractivity contribution in [2.75, 3.05) is 28.6 Å². The van der Waals surface area contributed by atoms with E-state index < -0.39 is 19.9 Å². The summed E-state index contributed by atoms with van der Waals surface area (Å²) >= 11 is 0. The SMILES string of the molecule is CCS(=O)(=O)CCN(c1cc2oc(-c3ccc(F)cc3)c(-c3ncc[nH]3)c2cc1C1CC1)S(C)(=O)=O. The van der Waals surface area contributed by atoms with E-state index in [1.165, 1.54) is 23.4 Å². The van der Waals surface area contributed by atoms with Crippen molar-refractivity contribution < 1.29 is 25.6 Å². The van der Waals surface area contributed by atoms with Crippen molar-refractivity contribution >= 4 is 36.5 Å². The van der Waals surface area contributed by atoms with Gasteiger partial charge in [0, 0.05) is 41.7 Å². The number of benzene rings is 2. The van der Waals surface area contributed by atoms with Gasteiger partial charge < -0.3 is 9.40 Å². The maximum absolute atomic E-state index is 13.6. The molecular weight excluding hydrogens is 505 g/mol. The lowest BCUT2D eigenvalue weighted by molar-refractivity contribution is 0.592. The molecule has 11 heteroatoms. The molecule has 36 heavy (non-hydrogen) atoms. The third-order valence-electron chi connectivity index (χ3n) is 6.41. The highest BCUT2D eigenvalue weighted by atomic mass is 32.2. The van der Waals surface area contributed by atoms with Crippen molar-refractivity contribution in [1.82, 2.24) is 9.97 Å². The number of sulfonamides is 1. The van der Waals surface area contributed by atoms with Crippen LogP contribution < -0.4 is 4.31 Å². The summed E-state index contributed by atoms with van der Waals surface area (Å²) in [4.78, 5) is 7.51. The molecule has 2 heterocycles. The van der Waals surface area contributed by atoms with Crippen molar-refractivity contribution in [1.29, 1.82) is 0 Å². The number of aromatic amines is 1. The number of imidazole rings is 1. The first kappa shape index (κ1) is 24.5. The predicted molar refractivity (Wildman–Crippen MR) is 138 cm³/mol. The number of halogens is 1. The zero-order valence-electron chi connectivity index (χ0n) is 19.9. The first-order chi connectivity index (χ1) is 17.1. The Kier molecular flexibility index (Phi) is 6.16. The minimum absolute atomic E-state index is 0.0646. The van der Waals surface area contributed by atoms with E-state index in [0.717, 1.165) is 30.0 Å². The third kappa shape index (κ3) is 4.77. The summed E-state index contributed by atoms with van der Waals surface area (Å²) in [5.74, 6) is 0.471. The maximum atomic E-state index is 13.6. The third-order valence-corrected chi connectivity index (χ3v) is 9.27. The van der Waals surface area contributed by atoms with Crippen LogP contribution in [0, 0.1) is 5.82 Å². The number of fused-ring (bicyclic) bond motifs is 1. The Hall–Kier alpha value is -3.18. The van der Waals surface area contributed by atoms with Crippen LogP contribution in [0.2, 0.25) is 0 Å². The summed E-state index contributed by atoms with van der Waals surface area (Å²) in [6.07, 6.45) is 6.20. The monoisotopic (exact) mass is 531 g/mol. The second kappa shape index (κ2) is 9.04. The molecule has 0 unspecified atom stereocenters. The molecule has 2 aromatic carbocycles. The van der Waals surface area contributed by atoms with E-state index in [1.54, 1.807) is 30.6 Å². The van der Waals surface area contributed by atoms with Gasteiger partial charge in [-0.25, -0.2) is 26.2 Å². The van der Waals surface area contributed by atoms with Crippen molar-refractivity contribution in [3.63, 3.8) is 0 Å². The number of nitrogens with zero attached hydrogens (tertiary/aromatic N) is 2. The lowest BCUT2D eigenvalue weighted by atomic mass is 10.0. The summed E-state index contributed by atoms with van der Waals surface area (Å²) in [5, 5.41) is 0.740. The molecule has 0 radical (unpaired) electrons. The molecule has 0 aliphatic heterocycles. The number of hydrogen-bond acceptors (Lipinski definition) is 6. The number of hydrogen-bond donors (Lipinski definition) is 1. The topological polar surface area (TPSA) is 113 Å². The molecular formula is C25H26FN3O5S2. The first-order valence-electron chi connectivity index (χ1n) is 11.6. The molecule has 1 aliphatic rings. The summed E-state index contributed by atoms with van der Waals surface area (Å²) in [5.41, 5.74) is 2.99. The summed E-state index contributed by atoms with van der Waals surface area (Å²) in [6.45, 7) is 1.36. The smallest absolute Gasteiger partial charge is 0.232 e. The quantitative estimate of drug-likeness (QED) is 0.335. The van der Waals surface area contributed by atoms with Crippen molar-refractivity contribution in [3.05, 3.63) is 60.2 Å². The minimum Gasteiger partial charge on any atom is -0.455 e. The molecule has 2 aromatic heterocycles. The highest BCUT2D eigenvalue weighted by Crippen LogP contribution is 2.49. The molecule has 1 aliphatic carbocycles. The summed E-state index contributed by atoms with van der Waals surface area (Å²) < 4.78 is 71.1. The average molecular weight is 532 g/mol. The van der Waals surface area contributed by atoms with Gasteiger partial charge >= 0.3 is 0 Å². The second-order valence-electron chi connectivity index (χ2n) is 9.00. The Bertz CT molecular complexity index is 1620. The molecule has 1 saturated carbocycles. The number of furan rings is 1. The molecule has 0 bridgehead atoms. The maximum Gasteiger partial charge on any atom is 0.232 e. The fraction of sp³-hybridized carbons (Fsp3) is 0.320. The Labute approximate surface area is 209 Å². The Morgan fingerprint density at radius 1 is 1.14 bits per heavy atom. The van der Waals surface area contributed by atoms with Crippen LogP contribution >= 0.6 is 0 Å². The zero-order chi connectivity index (χ0) is 25.7. The highest BCUT2D eigenvalue weighted by Gasteiger charge is 2.33. The van der Waals surface area contributed by atoms with Crippen LogP contribution in [0.5, 0.6) is 0 Å². The van der Waals surface area contributed by atoms with Crippen LogP contribution in [0.4, 0.5) is 10.1 Å². The largest absolute Gasteiger partial charge is 0.455 e. The zero-order valence-corrected chi connectivity index (χ0v) is 21.5. The van der Waals surface area contributed by atoms with Gasteiger partial charge in [-0.2, -0.15) is 0 Å². The van der Waals surface area contributed by atoms with Crippen LogP contribution in [0.25, 0.3) is 33.7 Å². The Morgan fingerprint density at radius 2 is 1.86 bits per heavy atom. The van der Waals surface area contributed by atoms with Crippen LogP contribution in [0.3, 0.4) is 0 Å². The van der Waals surface area contributed by atoms with Crippen LogP contribution in [-0.4, -0.2) is 51.1 Å². The molecule has 0 saturated heterocycles. The summed E-state index contributed by atoms with van der Waals surface area (Å²) in [7, 11) is -7.17. The molecule has 1 fully saturated rings. The average Bonchev–Trinajstić information content (AvgIpc) is 3.40. The normalized spacial score (nSPS) is 14.4. The number of anilines is 1. The number of rotatable bonds is 9. The van der Waals surface area contributed by atoms with E-state index >= 15 is 0 Å².